The van der Waals surface area contributed by atoms with Crippen molar-refractivity contribution in [2.75, 3.05) is 6.26 Å². The molecule has 112 valence electrons. The first-order valence-corrected chi connectivity index (χ1v) is 8.72. The summed E-state index contributed by atoms with van der Waals surface area (Å²) in [5.41, 5.74) is 3.41. The van der Waals surface area contributed by atoms with Crippen molar-refractivity contribution in [2.45, 2.75) is 5.92 Å². The third-order valence-corrected chi connectivity index (χ3v) is 4.18. The molecule has 0 spiro atoms. The van der Waals surface area contributed by atoms with Crippen molar-refractivity contribution in [3.63, 3.8) is 0 Å². The van der Waals surface area contributed by atoms with Crippen LogP contribution in [0.1, 0.15) is 28.2 Å². The van der Waals surface area contributed by atoms with E-state index in [0.717, 1.165) is 28.5 Å². The summed E-state index contributed by atoms with van der Waals surface area (Å²) < 4.78 is 25.0. The first kappa shape index (κ1) is 14.5. The minimum absolute atomic E-state index is 0.536. The molecular formula is C17H15NO3S. The Hall–Kier alpha value is -2.40. The van der Waals surface area contributed by atoms with Crippen LogP contribution < -0.4 is 4.72 Å². The van der Waals surface area contributed by atoms with Crippen molar-refractivity contribution in [3.8, 4) is 0 Å². The molecule has 1 aliphatic rings. The first-order valence-electron chi connectivity index (χ1n) is 6.83. The van der Waals surface area contributed by atoms with Gasteiger partial charge in [0.05, 0.1) is 12.2 Å². The van der Waals surface area contributed by atoms with Gasteiger partial charge in [0.25, 0.3) is 0 Å². The summed E-state index contributed by atoms with van der Waals surface area (Å²) in [5, 5.41) is 0. The Morgan fingerprint density at radius 1 is 0.909 bits per heavy atom. The quantitative estimate of drug-likeness (QED) is 0.926. The molecule has 0 saturated carbocycles. The number of benzene rings is 2. The third kappa shape index (κ3) is 2.80. The van der Waals surface area contributed by atoms with E-state index in [0.29, 0.717) is 0 Å². The van der Waals surface area contributed by atoms with Gasteiger partial charge in [-0.05, 0) is 22.3 Å². The van der Waals surface area contributed by atoms with E-state index in [9.17, 15) is 13.2 Å². The van der Waals surface area contributed by atoms with Crippen molar-refractivity contribution in [3.05, 3.63) is 70.8 Å². The van der Waals surface area contributed by atoms with Crippen LogP contribution in [0.5, 0.6) is 0 Å². The highest BCUT2D eigenvalue weighted by atomic mass is 32.2. The highest BCUT2D eigenvalue weighted by molar-refractivity contribution is 7.89. The average Bonchev–Trinajstić information content (AvgIpc) is 2.62. The lowest BCUT2D eigenvalue weighted by Crippen LogP contribution is -2.34. The second-order valence-corrected chi connectivity index (χ2v) is 7.01. The van der Waals surface area contributed by atoms with Crippen LogP contribution in [0.25, 0.3) is 12.2 Å². The average molecular weight is 313 g/mol. The molecule has 0 aromatic heterocycles. The molecule has 2 aromatic rings. The van der Waals surface area contributed by atoms with Gasteiger partial charge in [0, 0.05) is 0 Å². The Morgan fingerprint density at radius 3 is 1.82 bits per heavy atom. The summed E-state index contributed by atoms with van der Waals surface area (Å²) in [4.78, 5) is 12.6. The topological polar surface area (TPSA) is 63.2 Å². The van der Waals surface area contributed by atoms with Gasteiger partial charge in [0.15, 0.2) is 0 Å². The Morgan fingerprint density at radius 2 is 1.36 bits per heavy atom. The molecule has 0 heterocycles. The molecule has 1 amide bonds. The van der Waals surface area contributed by atoms with Crippen molar-refractivity contribution in [2.24, 2.45) is 0 Å². The van der Waals surface area contributed by atoms with Gasteiger partial charge in [-0.2, -0.15) is 0 Å². The smallest absolute Gasteiger partial charge is 0.245 e. The SMILES string of the molecule is CS(=O)(=O)NC(=O)C1c2ccccc2C=Cc2ccccc21. The minimum atomic E-state index is -3.61. The van der Waals surface area contributed by atoms with Gasteiger partial charge >= 0.3 is 0 Å². The van der Waals surface area contributed by atoms with Gasteiger partial charge < -0.3 is 0 Å². The number of fused-ring (bicyclic) bond motifs is 2. The van der Waals surface area contributed by atoms with E-state index in [4.69, 9.17) is 0 Å². The fourth-order valence-electron chi connectivity index (χ4n) is 2.72. The van der Waals surface area contributed by atoms with Gasteiger partial charge in [-0.1, -0.05) is 60.7 Å². The fraction of sp³-hybridized carbons (Fsp3) is 0.118. The zero-order valence-electron chi connectivity index (χ0n) is 12.0. The summed E-state index contributed by atoms with van der Waals surface area (Å²) in [5.74, 6) is -1.19. The monoisotopic (exact) mass is 313 g/mol. The van der Waals surface area contributed by atoms with Crippen LogP contribution in [0, 0.1) is 0 Å². The molecule has 5 heteroatoms. The Labute approximate surface area is 129 Å². The summed E-state index contributed by atoms with van der Waals surface area (Å²) >= 11 is 0. The van der Waals surface area contributed by atoms with E-state index < -0.39 is 21.8 Å². The largest absolute Gasteiger partial charge is 0.273 e. The predicted molar refractivity (Wildman–Crippen MR) is 86.6 cm³/mol. The number of carbonyl (C=O) groups excluding carboxylic acids is 1. The van der Waals surface area contributed by atoms with Crippen molar-refractivity contribution < 1.29 is 13.2 Å². The lowest BCUT2D eigenvalue weighted by Gasteiger charge is -2.19. The second kappa shape index (κ2) is 5.42. The number of rotatable bonds is 2. The lowest BCUT2D eigenvalue weighted by atomic mass is 9.87. The van der Waals surface area contributed by atoms with Crippen molar-refractivity contribution >= 4 is 28.1 Å². The van der Waals surface area contributed by atoms with Crippen molar-refractivity contribution in [1.29, 1.82) is 0 Å². The molecule has 0 fully saturated rings. The zero-order chi connectivity index (χ0) is 15.7. The Bertz CT molecular complexity index is 819. The molecule has 0 bridgehead atoms. The fourth-order valence-corrected chi connectivity index (χ4v) is 3.21. The molecule has 1 N–H and O–H groups in total. The number of sulfonamides is 1. The van der Waals surface area contributed by atoms with E-state index in [2.05, 4.69) is 4.72 Å². The summed E-state index contributed by atoms with van der Waals surface area (Å²) in [6.07, 6.45) is 4.88. The molecule has 0 aliphatic heterocycles. The maximum atomic E-state index is 12.6. The van der Waals surface area contributed by atoms with Gasteiger partial charge in [0.1, 0.15) is 0 Å². The maximum absolute atomic E-state index is 12.6. The van der Waals surface area contributed by atoms with E-state index in [1.54, 1.807) is 0 Å². The molecule has 0 saturated heterocycles. The zero-order valence-corrected chi connectivity index (χ0v) is 12.8. The number of carbonyl (C=O) groups is 1. The molecule has 3 rings (SSSR count). The van der Waals surface area contributed by atoms with Crippen LogP contribution in [0.3, 0.4) is 0 Å². The van der Waals surface area contributed by atoms with E-state index in [1.165, 1.54) is 0 Å². The molecule has 2 aromatic carbocycles. The summed E-state index contributed by atoms with van der Waals surface area (Å²) in [7, 11) is -3.61. The third-order valence-electron chi connectivity index (χ3n) is 3.60. The van der Waals surface area contributed by atoms with Crippen LogP contribution in [0.4, 0.5) is 0 Å². The van der Waals surface area contributed by atoms with Gasteiger partial charge in [-0.15, -0.1) is 0 Å². The highest BCUT2D eigenvalue weighted by Crippen LogP contribution is 2.34. The maximum Gasteiger partial charge on any atom is 0.245 e. The summed E-state index contributed by atoms with van der Waals surface area (Å²) in [6.45, 7) is 0. The van der Waals surface area contributed by atoms with E-state index >= 15 is 0 Å². The molecular weight excluding hydrogens is 298 g/mol. The minimum Gasteiger partial charge on any atom is -0.273 e. The standard InChI is InChI=1S/C17H15NO3S/c1-22(20,21)18-17(19)16-14-8-4-2-6-12(14)10-11-13-7-3-5-9-15(13)16/h2-11,16H,1H3,(H,18,19). The molecule has 0 radical (unpaired) electrons. The molecule has 1 aliphatic carbocycles. The molecule has 4 nitrogen and oxygen atoms in total. The van der Waals surface area contributed by atoms with Crippen LogP contribution in [0.2, 0.25) is 0 Å². The van der Waals surface area contributed by atoms with Crippen LogP contribution in [0.15, 0.2) is 48.5 Å². The lowest BCUT2D eigenvalue weighted by molar-refractivity contribution is -0.119. The number of hydrogen-bond acceptors (Lipinski definition) is 3. The van der Waals surface area contributed by atoms with Crippen LogP contribution >= 0.6 is 0 Å². The van der Waals surface area contributed by atoms with Crippen LogP contribution in [-0.4, -0.2) is 20.6 Å². The highest BCUT2D eigenvalue weighted by Gasteiger charge is 2.29. The van der Waals surface area contributed by atoms with E-state index in [-0.39, 0.29) is 0 Å². The first-order chi connectivity index (χ1) is 10.5. The second-order valence-electron chi connectivity index (χ2n) is 5.26. The summed E-state index contributed by atoms with van der Waals surface area (Å²) in [6, 6.07) is 15.0. The molecule has 22 heavy (non-hydrogen) atoms. The molecule has 0 unspecified atom stereocenters. The predicted octanol–water partition coefficient (Wildman–Crippen LogP) is 2.38. The number of amides is 1. The molecule has 0 atom stereocenters. The Kier molecular flexibility index (Phi) is 3.58. The van der Waals surface area contributed by atoms with E-state index in [1.807, 2.05) is 60.7 Å². The van der Waals surface area contributed by atoms with Gasteiger partial charge in [-0.25, -0.2) is 8.42 Å². The van der Waals surface area contributed by atoms with Gasteiger partial charge in [0.2, 0.25) is 15.9 Å². The van der Waals surface area contributed by atoms with Gasteiger partial charge in [-0.3, -0.25) is 9.52 Å². The van der Waals surface area contributed by atoms with Crippen LogP contribution in [-0.2, 0) is 14.8 Å². The normalized spacial score (nSPS) is 13.9. The number of nitrogens with one attached hydrogen (secondary N) is 1. The Balaban J connectivity index is 2.19. The number of hydrogen-bond donors (Lipinski definition) is 1. The van der Waals surface area contributed by atoms with Crippen molar-refractivity contribution in [1.82, 2.24) is 4.72 Å².